The lowest BCUT2D eigenvalue weighted by Gasteiger charge is -2.25. The molecule has 0 atom stereocenters. The second-order valence-electron chi connectivity index (χ2n) is 4.12. The summed E-state index contributed by atoms with van der Waals surface area (Å²) in [5.41, 5.74) is 2.24. The molecule has 18 heavy (non-hydrogen) atoms. The van der Waals surface area contributed by atoms with Gasteiger partial charge in [0.15, 0.2) is 0 Å². The van der Waals surface area contributed by atoms with Crippen molar-refractivity contribution >= 4 is 11.4 Å². The van der Waals surface area contributed by atoms with Crippen LogP contribution in [0.4, 0.5) is 11.4 Å². The highest BCUT2D eigenvalue weighted by Crippen LogP contribution is 2.20. The quantitative estimate of drug-likeness (QED) is 0.732. The first-order chi connectivity index (χ1) is 8.76. The van der Waals surface area contributed by atoms with Gasteiger partial charge in [-0.25, -0.2) is 0 Å². The van der Waals surface area contributed by atoms with Gasteiger partial charge in [0.25, 0.3) is 0 Å². The molecule has 102 valence electrons. The molecule has 4 nitrogen and oxygen atoms in total. The van der Waals surface area contributed by atoms with Crippen LogP contribution in [0.5, 0.6) is 0 Å². The van der Waals surface area contributed by atoms with Crippen molar-refractivity contribution in [2.24, 2.45) is 0 Å². The Hall–Kier alpha value is -1.26. The Kier molecular flexibility index (Phi) is 6.54. The summed E-state index contributed by atoms with van der Waals surface area (Å²) in [6.45, 7) is 7.55. The van der Waals surface area contributed by atoms with Crippen molar-refractivity contribution in [2.75, 3.05) is 49.2 Å². The molecule has 0 amide bonds. The van der Waals surface area contributed by atoms with E-state index < -0.39 is 0 Å². The van der Waals surface area contributed by atoms with E-state index >= 15 is 0 Å². The lowest BCUT2D eigenvalue weighted by molar-refractivity contribution is 0.281. The Morgan fingerprint density at radius 2 is 1.17 bits per heavy atom. The van der Waals surface area contributed by atoms with E-state index in [0.29, 0.717) is 13.1 Å². The van der Waals surface area contributed by atoms with Crippen molar-refractivity contribution in [1.82, 2.24) is 0 Å². The zero-order valence-corrected chi connectivity index (χ0v) is 11.3. The molecule has 0 fully saturated rings. The molecule has 2 N–H and O–H groups in total. The van der Waals surface area contributed by atoms with Crippen LogP contribution in [0.25, 0.3) is 0 Å². The summed E-state index contributed by atoms with van der Waals surface area (Å²) in [6.07, 6.45) is 0. The summed E-state index contributed by atoms with van der Waals surface area (Å²) >= 11 is 0. The standard InChI is InChI=1S/C14H24N2O2/c1-3-15(4-2)13-5-7-14(8-6-13)16(9-11-17)10-12-18/h5-8,17-18H,3-4,9-12H2,1-2H3. The maximum atomic E-state index is 9.01. The van der Waals surface area contributed by atoms with E-state index in [-0.39, 0.29) is 13.2 Å². The van der Waals surface area contributed by atoms with Crippen molar-refractivity contribution in [3.05, 3.63) is 24.3 Å². The van der Waals surface area contributed by atoms with E-state index in [2.05, 4.69) is 30.9 Å². The molecule has 0 unspecified atom stereocenters. The molecule has 0 saturated heterocycles. The second-order valence-corrected chi connectivity index (χ2v) is 4.12. The number of anilines is 2. The molecule has 0 aliphatic carbocycles. The van der Waals surface area contributed by atoms with Gasteiger partial charge in [-0.05, 0) is 38.1 Å². The van der Waals surface area contributed by atoms with Crippen LogP contribution in [0.1, 0.15) is 13.8 Å². The van der Waals surface area contributed by atoms with Crippen LogP contribution in [-0.2, 0) is 0 Å². The largest absolute Gasteiger partial charge is 0.395 e. The fourth-order valence-electron chi connectivity index (χ4n) is 2.07. The molecule has 1 aromatic carbocycles. The van der Waals surface area contributed by atoms with Gasteiger partial charge in [-0.1, -0.05) is 0 Å². The maximum Gasteiger partial charge on any atom is 0.0606 e. The number of benzene rings is 1. The molecular weight excluding hydrogens is 228 g/mol. The summed E-state index contributed by atoms with van der Waals surface area (Å²) in [5.74, 6) is 0. The van der Waals surface area contributed by atoms with Crippen molar-refractivity contribution in [2.45, 2.75) is 13.8 Å². The van der Waals surface area contributed by atoms with Crippen LogP contribution < -0.4 is 9.80 Å². The van der Waals surface area contributed by atoms with E-state index in [4.69, 9.17) is 10.2 Å². The highest BCUT2D eigenvalue weighted by Gasteiger charge is 2.06. The number of rotatable bonds is 8. The van der Waals surface area contributed by atoms with Gasteiger partial charge >= 0.3 is 0 Å². The molecule has 1 aromatic rings. The molecule has 0 bridgehead atoms. The van der Waals surface area contributed by atoms with E-state index in [1.165, 1.54) is 5.69 Å². The third kappa shape index (κ3) is 3.89. The highest BCUT2D eigenvalue weighted by molar-refractivity contribution is 5.56. The Morgan fingerprint density at radius 1 is 0.778 bits per heavy atom. The highest BCUT2D eigenvalue weighted by atomic mass is 16.3. The molecular formula is C14H24N2O2. The number of nitrogens with zero attached hydrogens (tertiary/aromatic N) is 2. The van der Waals surface area contributed by atoms with Gasteiger partial charge in [-0.15, -0.1) is 0 Å². The van der Waals surface area contributed by atoms with Gasteiger partial charge in [0.1, 0.15) is 0 Å². The van der Waals surface area contributed by atoms with E-state index in [1.807, 2.05) is 17.0 Å². The number of aliphatic hydroxyl groups is 2. The van der Waals surface area contributed by atoms with Crippen LogP contribution in [-0.4, -0.2) is 49.6 Å². The second kappa shape index (κ2) is 7.95. The molecule has 0 aliphatic rings. The fraction of sp³-hybridized carbons (Fsp3) is 0.571. The minimum Gasteiger partial charge on any atom is -0.395 e. The molecule has 1 rings (SSSR count). The first-order valence-corrected chi connectivity index (χ1v) is 6.58. The lowest BCUT2D eigenvalue weighted by atomic mass is 10.2. The third-order valence-corrected chi connectivity index (χ3v) is 3.08. The van der Waals surface area contributed by atoms with Gasteiger partial charge in [0.2, 0.25) is 0 Å². The molecule has 4 heteroatoms. The minimum absolute atomic E-state index is 0.0950. The Labute approximate surface area is 109 Å². The van der Waals surface area contributed by atoms with E-state index in [1.54, 1.807) is 0 Å². The van der Waals surface area contributed by atoms with Crippen LogP contribution in [0.15, 0.2) is 24.3 Å². The van der Waals surface area contributed by atoms with Gasteiger partial charge < -0.3 is 20.0 Å². The summed E-state index contributed by atoms with van der Waals surface area (Å²) < 4.78 is 0. The van der Waals surface area contributed by atoms with Gasteiger partial charge in [0, 0.05) is 37.6 Å². The predicted molar refractivity (Wildman–Crippen MR) is 76.4 cm³/mol. The monoisotopic (exact) mass is 252 g/mol. The number of hydrogen-bond acceptors (Lipinski definition) is 4. The van der Waals surface area contributed by atoms with E-state index in [0.717, 1.165) is 18.8 Å². The van der Waals surface area contributed by atoms with Gasteiger partial charge in [0.05, 0.1) is 13.2 Å². The zero-order valence-electron chi connectivity index (χ0n) is 11.3. The zero-order chi connectivity index (χ0) is 13.4. The average Bonchev–Trinajstić information content (AvgIpc) is 2.41. The lowest BCUT2D eigenvalue weighted by Crippen LogP contribution is -2.29. The summed E-state index contributed by atoms with van der Waals surface area (Å²) in [4.78, 5) is 4.26. The summed E-state index contributed by atoms with van der Waals surface area (Å²) in [6, 6.07) is 8.26. The minimum atomic E-state index is 0.0950. The third-order valence-electron chi connectivity index (χ3n) is 3.08. The molecule has 0 radical (unpaired) electrons. The predicted octanol–water partition coefficient (Wildman–Crippen LogP) is 1.32. The average molecular weight is 252 g/mol. The fourth-order valence-corrected chi connectivity index (χ4v) is 2.07. The van der Waals surface area contributed by atoms with Crippen molar-refractivity contribution < 1.29 is 10.2 Å². The van der Waals surface area contributed by atoms with Crippen LogP contribution >= 0.6 is 0 Å². The number of aliphatic hydroxyl groups excluding tert-OH is 2. The smallest absolute Gasteiger partial charge is 0.0606 e. The Bertz CT molecular complexity index is 317. The van der Waals surface area contributed by atoms with Gasteiger partial charge in [-0.2, -0.15) is 0 Å². The normalized spacial score (nSPS) is 10.4. The summed E-state index contributed by atoms with van der Waals surface area (Å²) in [7, 11) is 0. The van der Waals surface area contributed by atoms with Crippen molar-refractivity contribution in [1.29, 1.82) is 0 Å². The van der Waals surface area contributed by atoms with Gasteiger partial charge in [-0.3, -0.25) is 0 Å². The molecule has 0 spiro atoms. The first kappa shape index (κ1) is 14.8. The topological polar surface area (TPSA) is 46.9 Å². The van der Waals surface area contributed by atoms with Crippen molar-refractivity contribution in [3.63, 3.8) is 0 Å². The van der Waals surface area contributed by atoms with E-state index in [9.17, 15) is 0 Å². The first-order valence-electron chi connectivity index (χ1n) is 6.58. The molecule has 0 aliphatic heterocycles. The maximum absolute atomic E-state index is 9.01. The molecule has 0 aromatic heterocycles. The molecule has 0 heterocycles. The van der Waals surface area contributed by atoms with Crippen LogP contribution in [0.3, 0.4) is 0 Å². The van der Waals surface area contributed by atoms with Crippen LogP contribution in [0, 0.1) is 0 Å². The van der Waals surface area contributed by atoms with Crippen molar-refractivity contribution in [3.8, 4) is 0 Å². The Morgan fingerprint density at radius 3 is 1.50 bits per heavy atom. The van der Waals surface area contributed by atoms with Crippen LogP contribution in [0.2, 0.25) is 0 Å². The molecule has 0 saturated carbocycles. The summed E-state index contributed by atoms with van der Waals surface area (Å²) in [5, 5.41) is 18.0. The SMILES string of the molecule is CCN(CC)c1ccc(N(CCO)CCO)cc1. The Balaban J connectivity index is 2.79. The number of hydrogen-bond donors (Lipinski definition) is 2.